The SMILES string of the molecule is CC[C@@H]1C[C@H](C)CC/C=C\C2CC2(C(=O)NS(=O)(=O)C2CC2)NC(=O)[C@@H]2C[C@@H](Oc3nccc4c(OC)cccc34)CN2C(=O)[C@H]1NC(=O)NC(C)(C)C. The minimum atomic E-state index is -3.89. The van der Waals surface area contributed by atoms with E-state index in [1.54, 1.807) is 13.3 Å². The van der Waals surface area contributed by atoms with Crippen LogP contribution in [-0.4, -0.2) is 90.2 Å². The van der Waals surface area contributed by atoms with Crippen molar-refractivity contribution in [3.8, 4) is 11.6 Å². The number of sulfonamides is 1. The van der Waals surface area contributed by atoms with Gasteiger partial charge in [0, 0.05) is 34.8 Å². The molecule has 4 N–H and O–H groups in total. The summed E-state index contributed by atoms with van der Waals surface area (Å²) in [6.45, 7) is 9.66. The number of pyridine rings is 1. The number of urea groups is 1. The highest BCUT2D eigenvalue weighted by Gasteiger charge is 2.62. The van der Waals surface area contributed by atoms with Crippen LogP contribution < -0.4 is 30.1 Å². The number of fused-ring (bicyclic) bond motifs is 3. The number of benzene rings is 1. The summed E-state index contributed by atoms with van der Waals surface area (Å²) >= 11 is 0. The Bertz CT molecular complexity index is 1910. The monoisotopic (exact) mass is 766 g/mol. The van der Waals surface area contributed by atoms with Gasteiger partial charge in [0.2, 0.25) is 27.7 Å². The van der Waals surface area contributed by atoms with Crippen LogP contribution in [0.3, 0.4) is 0 Å². The summed E-state index contributed by atoms with van der Waals surface area (Å²) in [4.78, 5) is 62.5. The maximum absolute atomic E-state index is 14.9. The molecule has 15 heteroatoms. The number of methoxy groups -OCH3 is 1. The molecule has 5 amide bonds. The van der Waals surface area contributed by atoms with Gasteiger partial charge in [-0.25, -0.2) is 18.2 Å². The zero-order valence-electron chi connectivity index (χ0n) is 32.0. The van der Waals surface area contributed by atoms with E-state index in [1.165, 1.54) is 4.90 Å². The molecule has 2 unspecified atom stereocenters. The second kappa shape index (κ2) is 15.4. The quantitative estimate of drug-likeness (QED) is 0.289. The third-order valence-electron chi connectivity index (χ3n) is 11.0. The molecule has 294 valence electrons. The molecule has 2 aromatic rings. The van der Waals surface area contributed by atoms with Crippen molar-refractivity contribution in [3.63, 3.8) is 0 Å². The van der Waals surface area contributed by atoms with Crippen LogP contribution in [0.15, 0.2) is 42.6 Å². The number of rotatable bonds is 8. The molecule has 7 atom stereocenters. The summed E-state index contributed by atoms with van der Waals surface area (Å²) < 4.78 is 40.0. The van der Waals surface area contributed by atoms with Crippen LogP contribution in [0.2, 0.25) is 0 Å². The predicted octanol–water partition coefficient (Wildman–Crippen LogP) is 3.94. The molecule has 1 saturated heterocycles. The third-order valence-corrected chi connectivity index (χ3v) is 12.8. The van der Waals surface area contributed by atoms with Crippen LogP contribution >= 0.6 is 0 Å². The van der Waals surface area contributed by atoms with E-state index in [0.29, 0.717) is 49.1 Å². The molecule has 0 bridgehead atoms. The zero-order chi connectivity index (χ0) is 39.0. The fourth-order valence-corrected chi connectivity index (χ4v) is 9.18. The number of hydrogen-bond acceptors (Lipinski definition) is 9. The first-order valence-electron chi connectivity index (χ1n) is 19.1. The zero-order valence-corrected chi connectivity index (χ0v) is 32.8. The highest BCUT2D eigenvalue weighted by Crippen LogP contribution is 2.46. The Labute approximate surface area is 317 Å². The lowest BCUT2D eigenvalue weighted by molar-refractivity contribution is -0.142. The van der Waals surface area contributed by atoms with Gasteiger partial charge in [0.1, 0.15) is 29.5 Å². The molecule has 0 spiro atoms. The van der Waals surface area contributed by atoms with Crippen LogP contribution in [0.5, 0.6) is 11.6 Å². The smallest absolute Gasteiger partial charge is 0.315 e. The number of ether oxygens (including phenoxy) is 2. The summed E-state index contributed by atoms with van der Waals surface area (Å²) in [5.74, 6) is -1.38. The molecule has 54 heavy (non-hydrogen) atoms. The molecule has 6 rings (SSSR count). The second-order valence-corrected chi connectivity index (χ2v) is 18.4. The summed E-state index contributed by atoms with van der Waals surface area (Å²) in [6.07, 6.45) is 8.75. The van der Waals surface area contributed by atoms with E-state index in [1.807, 2.05) is 64.1 Å². The first kappa shape index (κ1) is 39.3. The van der Waals surface area contributed by atoms with Gasteiger partial charge >= 0.3 is 6.03 Å². The van der Waals surface area contributed by atoms with Gasteiger partial charge in [-0.2, -0.15) is 0 Å². The third kappa shape index (κ3) is 8.61. The Morgan fingerprint density at radius 1 is 1.09 bits per heavy atom. The van der Waals surface area contributed by atoms with Crippen molar-refractivity contribution in [2.45, 2.75) is 121 Å². The van der Waals surface area contributed by atoms with Crippen molar-refractivity contribution < 1.29 is 37.1 Å². The standard InChI is InChI=1S/C39H54N6O8S/c1-7-24-19-23(2)11-8-9-12-25-21-39(25,36(48)44-54(50,51)27-15-16-27)42-33(46)30-20-26(22-45(30)35(47)32(24)41-37(49)43-38(3,4)5)53-34-29-13-10-14-31(52-6)28(29)17-18-40-34/h9-10,12-14,17-18,23-27,30,32H,7-8,11,15-16,19-22H2,1-6H3,(H,42,46)(H,44,48)(H2,41,43,49)/b12-9-/t23-,24-,25?,26-,30+,32+,39?/m1/s1. The van der Waals surface area contributed by atoms with Gasteiger partial charge in [-0.3, -0.25) is 19.1 Å². The number of hydrogen-bond donors (Lipinski definition) is 4. The molecule has 0 radical (unpaired) electrons. The Hall–Kier alpha value is -4.40. The van der Waals surface area contributed by atoms with E-state index < -0.39 is 74.2 Å². The van der Waals surface area contributed by atoms with Crippen LogP contribution in [0.1, 0.15) is 86.0 Å². The van der Waals surface area contributed by atoms with Crippen LogP contribution in [-0.2, 0) is 24.4 Å². The molecule has 2 aliphatic heterocycles. The number of carbonyl (C=O) groups excluding carboxylic acids is 4. The average Bonchev–Trinajstić information content (AvgIpc) is 4.04. The van der Waals surface area contributed by atoms with E-state index in [2.05, 4.69) is 32.6 Å². The van der Waals surface area contributed by atoms with E-state index in [9.17, 15) is 27.6 Å². The maximum Gasteiger partial charge on any atom is 0.315 e. The lowest BCUT2D eigenvalue weighted by atomic mass is 9.85. The van der Waals surface area contributed by atoms with Crippen LogP contribution in [0.25, 0.3) is 10.8 Å². The second-order valence-electron chi connectivity index (χ2n) is 16.4. The number of nitrogens with zero attached hydrogens (tertiary/aromatic N) is 2. The number of amides is 5. The first-order valence-corrected chi connectivity index (χ1v) is 20.6. The highest BCUT2D eigenvalue weighted by atomic mass is 32.2. The summed E-state index contributed by atoms with van der Waals surface area (Å²) in [6, 6.07) is 4.76. The maximum atomic E-state index is 14.9. The lowest BCUT2D eigenvalue weighted by Gasteiger charge is -2.34. The van der Waals surface area contributed by atoms with Crippen molar-refractivity contribution in [1.29, 1.82) is 0 Å². The van der Waals surface area contributed by atoms with Crippen LogP contribution in [0, 0.1) is 17.8 Å². The van der Waals surface area contributed by atoms with Gasteiger partial charge in [0.05, 0.1) is 18.9 Å². The van der Waals surface area contributed by atoms with Gasteiger partial charge in [0.15, 0.2) is 0 Å². The number of allylic oxidation sites excluding steroid dienone is 1. The average molecular weight is 767 g/mol. The Balaban J connectivity index is 1.36. The molecule has 1 aromatic carbocycles. The van der Waals surface area contributed by atoms with Gasteiger partial charge in [-0.15, -0.1) is 0 Å². The normalized spacial score (nSPS) is 29.8. The molecular weight excluding hydrogens is 713 g/mol. The number of aromatic nitrogens is 1. The summed E-state index contributed by atoms with van der Waals surface area (Å²) in [7, 11) is -2.32. The van der Waals surface area contributed by atoms with Gasteiger partial charge < -0.3 is 30.3 Å². The topological polar surface area (TPSA) is 185 Å². The van der Waals surface area contributed by atoms with Crippen molar-refractivity contribution in [1.82, 2.24) is 30.6 Å². The van der Waals surface area contributed by atoms with Gasteiger partial charge in [-0.05, 0) is 89.3 Å². The Kier molecular flexibility index (Phi) is 11.2. The molecule has 3 fully saturated rings. The minimum Gasteiger partial charge on any atom is -0.496 e. The van der Waals surface area contributed by atoms with Crippen molar-refractivity contribution in [2.24, 2.45) is 17.8 Å². The fraction of sp³-hybridized carbons (Fsp3) is 0.615. The molecule has 2 saturated carbocycles. The van der Waals surface area contributed by atoms with Gasteiger partial charge in [-0.1, -0.05) is 38.5 Å². The van der Waals surface area contributed by atoms with E-state index in [0.717, 1.165) is 11.8 Å². The number of nitrogens with one attached hydrogen (secondary N) is 4. The van der Waals surface area contributed by atoms with E-state index in [4.69, 9.17) is 9.47 Å². The fourth-order valence-electron chi connectivity index (χ4n) is 7.82. The summed E-state index contributed by atoms with van der Waals surface area (Å²) in [5.41, 5.74) is -2.07. The number of carbonyl (C=O) groups is 4. The minimum absolute atomic E-state index is 0.00258. The Morgan fingerprint density at radius 2 is 1.85 bits per heavy atom. The van der Waals surface area contributed by atoms with E-state index >= 15 is 0 Å². The van der Waals surface area contributed by atoms with Crippen molar-refractivity contribution in [3.05, 3.63) is 42.6 Å². The van der Waals surface area contributed by atoms with Crippen molar-refractivity contribution in [2.75, 3.05) is 13.7 Å². The highest BCUT2D eigenvalue weighted by molar-refractivity contribution is 7.91. The Morgan fingerprint density at radius 3 is 2.54 bits per heavy atom. The molecule has 1 aromatic heterocycles. The molecule has 3 heterocycles. The first-order chi connectivity index (χ1) is 25.5. The molecule has 2 aliphatic carbocycles. The van der Waals surface area contributed by atoms with E-state index in [-0.39, 0.29) is 31.2 Å². The molecule has 4 aliphatic rings. The summed E-state index contributed by atoms with van der Waals surface area (Å²) in [5, 5.41) is 9.63. The van der Waals surface area contributed by atoms with Crippen molar-refractivity contribution >= 4 is 44.5 Å². The molecule has 14 nitrogen and oxygen atoms in total. The van der Waals surface area contributed by atoms with Crippen LogP contribution in [0.4, 0.5) is 4.79 Å². The molecular formula is C39H54N6O8S. The predicted molar refractivity (Wildman–Crippen MR) is 203 cm³/mol. The van der Waals surface area contributed by atoms with Gasteiger partial charge in [0.25, 0.3) is 5.91 Å². The lowest BCUT2D eigenvalue weighted by Crippen LogP contribution is -2.60. The largest absolute Gasteiger partial charge is 0.496 e.